The Balaban J connectivity index is 2.22. The molecule has 3 heteroatoms. The molecule has 0 aromatic heterocycles. The van der Waals surface area contributed by atoms with Gasteiger partial charge in [-0.05, 0) is 24.1 Å². The van der Waals surface area contributed by atoms with E-state index >= 15 is 0 Å². The van der Waals surface area contributed by atoms with Gasteiger partial charge in [0.25, 0.3) is 0 Å². The van der Waals surface area contributed by atoms with Gasteiger partial charge in [-0.25, -0.2) is 4.39 Å². The topological polar surface area (TPSA) is 21.3 Å². The van der Waals surface area contributed by atoms with Crippen molar-refractivity contribution in [2.75, 3.05) is 12.4 Å². The summed E-state index contributed by atoms with van der Waals surface area (Å²) in [4.78, 5) is 0. The lowest BCUT2D eigenvalue weighted by Crippen LogP contribution is -2.12. The number of methoxy groups -OCH3 is 1. The lowest BCUT2D eigenvalue weighted by atomic mass is 10.0. The van der Waals surface area contributed by atoms with E-state index in [4.69, 9.17) is 4.74 Å². The van der Waals surface area contributed by atoms with E-state index in [0.717, 1.165) is 19.3 Å². The van der Waals surface area contributed by atoms with E-state index in [0.29, 0.717) is 11.4 Å². The van der Waals surface area contributed by atoms with Gasteiger partial charge in [0, 0.05) is 6.07 Å². The molecule has 0 aliphatic heterocycles. The summed E-state index contributed by atoms with van der Waals surface area (Å²) in [5.74, 6) is 0.398. The number of hydrogen-bond acceptors (Lipinski definition) is 2. The molecule has 0 spiro atoms. The van der Waals surface area contributed by atoms with Gasteiger partial charge in [0.1, 0.15) is 11.6 Å². The highest BCUT2D eigenvalue weighted by Crippen LogP contribution is 2.28. The lowest BCUT2D eigenvalue weighted by molar-refractivity contribution is 0.414. The van der Waals surface area contributed by atoms with E-state index in [2.05, 4.69) is 24.4 Å². The van der Waals surface area contributed by atoms with Crippen LogP contribution < -0.4 is 10.1 Å². The average molecular weight is 287 g/mol. The summed E-state index contributed by atoms with van der Waals surface area (Å²) in [7, 11) is 1.59. The van der Waals surface area contributed by atoms with Crippen molar-refractivity contribution in [1.29, 1.82) is 0 Å². The molecular formula is C18H22FNO. The Morgan fingerprint density at radius 1 is 1.14 bits per heavy atom. The maximum Gasteiger partial charge on any atom is 0.146 e. The normalized spacial score (nSPS) is 12.0. The van der Waals surface area contributed by atoms with Gasteiger partial charge in [0.15, 0.2) is 0 Å². The first-order valence-electron chi connectivity index (χ1n) is 7.39. The summed E-state index contributed by atoms with van der Waals surface area (Å²) in [5, 5.41) is 3.32. The second-order valence-corrected chi connectivity index (χ2v) is 5.10. The van der Waals surface area contributed by atoms with Crippen molar-refractivity contribution in [3.8, 4) is 5.75 Å². The van der Waals surface area contributed by atoms with E-state index in [1.54, 1.807) is 19.2 Å². The Bertz CT molecular complexity index is 556. The second-order valence-electron chi connectivity index (χ2n) is 5.10. The number of nitrogens with one attached hydrogen (secondary N) is 1. The molecule has 2 aromatic carbocycles. The van der Waals surface area contributed by atoms with E-state index in [1.807, 2.05) is 18.2 Å². The van der Waals surface area contributed by atoms with Gasteiger partial charge < -0.3 is 10.1 Å². The lowest BCUT2D eigenvalue weighted by Gasteiger charge is -2.21. The van der Waals surface area contributed by atoms with Gasteiger partial charge >= 0.3 is 0 Å². The Kier molecular flexibility index (Phi) is 5.61. The molecule has 0 saturated carbocycles. The van der Waals surface area contributed by atoms with Crippen molar-refractivity contribution in [2.24, 2.45) is 0 Å². The standard InChI is InChI=1S/C18H22FNO/c1-3-4-10-17(14-8-6-5-7-9-14)20-18-13-15(21-2)11-12-16(18)19/h5-9,11-13,17,20H,3-4,10H2,1-2H3. The molecule has 0 saturated heterocycles. The number of halogens is 1. The minimum atomic E-state index is -0.256. The van der Waals surface area contributed by atoms with Gasteiger partial charge in [-0.3, -0.25) is 0 Å². The Labute approximate surface area is 126 Å². The van der Waals surface area contributed by atoms with Crippen LogP contribution in [0.15, 0.2) is 48.5 Å². The number of hydrogen-bond donors (Lipinski definition) is 1. The third kappa shape index (κ3) is 4.22. The average Bonchev–Trinajstić information content (AvgIpc) is 2.54. The maximum absolute atomic E-state index is 14.0. The van der Waals surface area contributed by atoms with Crippen molar-refractivity contribution < 1.29 is 9.13 Å². The van der Waals surface area contributed by atoms with Crippen LogP contribution in [0.5, 0.6) is 5.75 Å². The largest absolute Gasteiger partial charge is 0.497 e. The first-order chi connectivity index (χ1) is 10.2. The first kappa shape index (κ1) is 15.4. The second kappa shape index (κ2) is 7.67. The van der Waals surface area contributed by atoms with Crippen LogP contribution in [0.4, 0.5) is 10.1 Å². The number of ether oxygens (including phenoxy) is 1. The number of anilines is 1. The van der Waals surface area contributed by atoms with Gasteiger partial charge in [-0.2, -0.15) is 0 Å². The summed E-state index contributed by atoms with van der Waals surface area (Å²) >= 11 is 0. The highest BCUT2D eigenvalue weighted by atomic mass is 19.1. The molecule has 1 N–H and O–H groups in total. The molecule has 112 valence electrons. The fourth-order valence-corrected chi connectivity index (χ4v) is 2.35. The zero-order valence-corrected chi connectivity index (χ0v) is 12.6. The molecule has 2 nitrogen and oxygen atoms in total. The molecule has 2 aromatic rings. The molecule has 0 fully saturated rings. The molecule has 0 heterocycles. The molecule has 0 bridgehead atoms. The fraction of sp³-hybridized carbons (Fsp3) is 0.333. The molecule has 21 heavy (non-hydrogen) atoms. The summed E-state index contributed by atoms with van der Waals surface area (Å²) in [5.41, 5.74) is 1.66. The summed E-state index contributed by atoms with van der Waals surface area (Å²) in [6.45, 7) is 2.16. The van der Waals surface area contributed by atoms with Crippen LogP contribution in [0.3, 0.4) is 0 Å². The SMILES string of the molecule is CCCCC(Nc1cc(OC)ccc1F)c1ccccc1. The number of benzene rings is 2. The van der Waals surface area contributed by atoms with Gasteiger partial charge in [0.2, 0.25) is 0 Å². The molecule has 0 radical (unpaired) electrons. The highest BCUT2D eigenvalue weighted by molar-refractivity contribution is 5.51. The van der Waals surface area contributed by atoms with E-state index in [9.17, 15) is 4.39 Å². The Hall–Kier alpha value is -2.03. The summed E-state index contributed by atoms with van der Waals surface area (Å²) in [6.07, 6.45) is 3.18. The van der Waals surface area contributed by atoms with E-state index < -0.39 is 0 Å². The Morgan fingerprint density at radius 3 is 2.57 bits per heavy atom. The summed E-state index contributed by atoms with van der Waals surface area (Å²) < 4.78 is 19.2. The highest BCUT2D eigenvalue weighted by Gasteiger charge is 2.13. The molecular weight excluding hydrogens is 265 g/mol. The molecule has 1 atom stereocenters. The number of unbranched alkanes of at least 4 members (excludes halogenated alkanes) is 1. The van der Waals surface area contributed by atoms with Crippen molar-refractivity contribution in [3.05, 3.63) is 59.9 Å². The zero-order chi connectivity index (χ0) is 15.1. The van der Waals surface area contributed by atoms with Crippen LogP contribution in [-0.2, 0) is 0 Å². The molecule has 1 unspecified atom stereocenters. The maximum atomic E-state index is 14.0. The molecule has 2 rings (SSSR count). The quantitative estimate of drug-likeness (QED) is 0.757. The zero-order valence-electron chi connectivity index (χ0n) is 12.6. The van der Waals surface area contributed by atoms with Crippen LogP contribution in [0.1, 0.15) is 37.8 Å². The van der Waals surface area contributed by atoms with E-state index in [1.165, 1.54) is 11.6 Å². The Morgan fingerprint density at radius 2 is 1.90 bits per heavy atom. The van der Waals surface area contributed by atoms with Crippen molar-refractivity contribution in [2.45, 2.75) is 32.2 Å². The monoisotopic (exact) mass is 287 g/mol. The third-order valence-corrected chi connectivity index (χ3v) is 3.55. The van der Waals surface area contributed by atoms with Crippen LogP contribution >= 0.6 is 0 Å². The minimum absolute atomic E-state index is 0.104. The van der Waals surface area contributed by atoms with Gasteiger partial charge in [-0.15, -0.1) is 0 Å². The predicted octanol–water partition coefficient (Wildman–Crippen LogP) is 5.18. The van der Waals surface area contributed by atoms with Crippen LogP contribution in [-0.4, -0.2) is 7.11 Å². The van der Waals surface area contributed by atoms with Gasteiger partial charge in [-0.1, -0.05) is 50.1 Å². The summed E-state index contributed by atoms with van der Waals surface area (Å²) in [6, 6.07) is 15.0. The van der Waals surface area contributed by atoms with Gasteiger partial charge in [0.05, 0.1) is 18.8 Å². The third-order valence-electron chi connectivity index (χ3n) is 3.55. The molecule has 0 amide bonds. The minimum Gasteiger partial charge on any atom is -0.497 e. The number of rotatable bonds is 7. The first-order valence-corrected chi connectivity index (χ1v) is 7.39. The van der Waals surface area contributed by atoms with Crippen molar-refractivity contribution in [1.82, 2.24) is 0 Å². The van der Waals surface area contributed by atoms with Crippen LogP contribution in [0.2, 0.25) is 0 Å². The van der Waals surface area contributed by atoms with Crippen LogP contribution in [0, 0.1) is 5.82 Å². The fourth-order valence-electron chi connectivity index (χ4n) is 2.35. The smallest absolute Gasteiger partial charge is 0.146 e. The molecule has 0 aliphatic carbocycles. The van der Waals surface area contributed by atoms with Crippen molar-refractivity contribution in [3.63, 3.8) is 0 Å². The predicted molar refractivity (Wildman–Crippen MR) is 85.3 cm³/mol. The van der Waals surface area contributed by atoms with E-state index in [-0.39, 0.29) is 11.9 Å². The van der Waals surface area contributed by atoms with Crippen molar-refractivity contribution >= 4 is 5.69 Å². The molecule has 0 aliphatic rings. The van der Waals surface area contributed by atoms with Crippen LogP contribution in [0.25, 0.3) is 0 Å².